The molecule has 0 fully saturated rings. The predicted molar refractivity (Wildman–Crippen MR) is 40.1 cm³/mol. The third kappa shape index (κ3) is 2.17. The molecular weight excluding hydrogens is 112 g/mol. The number of ether oxygens (including phenoxy) is 1. The van der Waals surface area contributed by atoms with Crippen molar-refractivity contribution in [3.05, 3.63) is 36.6 Å². The van der Waals surface area contributed by atoms with E-state index in [1.165, 1.54) is 0 Å². The molecular formula is C8H12O. The maximum Gasteiger partial charge on any atom is 0.121 e. The fraction of sp³-hybridized carbons (Fsp3) is 0.250. The standard InChI is InChI=1S/C8H12O/c1-5-7(3)8(6-2)9-4/h5-6H,1-2H2,3-4H3. The molecule has 0 aliphatic heterocycles. The second kappa shape index (κ2) is 3.96. The quantitative estimate of drug-likeness (QED) is 0.414. The fourth-order valence-electron chi connectivity index (χ4n) is 0.506. The topological polar surface area (TPSA) is 9.23 Å². The molecule has 0 saturated carbocycles. The molecule has 0 bridgehead atoms. The number of rotatable bonds is 3. The van der Waals surface area contributed by atoms with Gasteiger partial charge in [-0.05, 0) is 18.6 Å². The molecule has 0 spiro atoms. The van der Waals surface area contributed by atoms with Crippen LogP contribution in [0.15, 0.2) is 36.6 Å². The highest BCUT2D eigenvalue weighted by Gasteiger charge is 1.90. The summed E-state index contributed by atoms with van der Waals surface area (Å²) in [5.74, 6) is 0.782. The Morgan fingerprint density at radius 1 is 1.33 bits per heavy atom. The third-order valence-corrected chi connectivity index (χ3v) is 1.10. The average Bonchev–Trinajstić information content (AvgIpc) is 1.90. The van der Waals surface area contributed by atoms with Crippen molar-refractivity contribution >= 4 is 0 Å². The van der Waals surface area contributed by atoms with Crippen LogP contribution in [0.5, 0.6) is 0 Å². The maximum absolute atomic E-state index is 4.94. The zero-order valence-corrected chi connectivity index (χ0v) is 5.98. The van der Waals surface area contributed by atoms with Gasteiger partial charge in [-0.1, -0.05) is 19.2 Å². The van der Waals surface area contributed by atoms with E-state index in [2.05, 4.69) is 13.2 Å². The summed E-state index contributed by atoms with van der Waals surface area (Å²) in [6, 6.07) is 0. The normalized spacial score (nSPS) is 11.8. The summed E-state index contributed by atoms with van der Waals surface area (Å²) < 4.78 is 4.94. The molecule has 1 heteroatoms. The van der Waals surface area contributed by atoms with Crippen molar-refractivity contribution in [1.82, 2.24) is 0 Å². The first-order valence-electron chi connectivity index (χ1n) is 2.76. The minimum atomic E-state index is 0.782. The smallest absolute Gasteiger partial charge is 0.121 e. The van der Waals surface area contributed by atoms with Crippen molar-refractivity contribution in [2.45, 2.75) is 6.92 Å². The van der Waals surface area contributed by atoms with Gasteiger partial charge >= 0.3 is 0 Å². The van der Waals surface area contributed by atoms with E-state index in [1.807, 2.05) is 6.92 Å². The van der Waals surface area contributed by atoms with E-state index >= 15 is 0 Å². The summed E-state index contributed by atoms with van der Waals surface area (Å²) >= 11 is 0. The Balaban J connectivity index is 4.36. The van der Waals surface area contributed by atoms with Crippen LogP contribution < -0.4 is 0 Å². The molecule has 0 radical (unpaired) electrons. The molecule has 0 saturated heterocycles. The van der Waals surface area contributed by atoms with Crippen molar-refractivity contribution in [2.24, 2.45) is 0 Å². The predicted octanol–water partition coefficient (Wildman–Crippen LogP) is 2.28. The Bertz CT molecular complexity index is 143. The zero-order chi connectivity index (χ0) is 7.28. The average molecular weight is 124 g/mol. The molecule has 0 aromatic heterocycles. The van der Waals surface area contributed by atoms with Gasteiger partial charge in [0.2, 0.25) is 0 Å². The molecule has 0 aromatic rings. The Hall–Kier alpha value is -0.980. The summed E-state index contributed by atoms with van der Waals surface area (Å²) in [5.41, 5.74) is 1.01. The van der Waals surface area contributed by atoms with Crippen LogP contribution in [0, 0.1) is 0 Å². The van der Waals surface area contributed by atoms with Gasteiger partial charge in [-0.2, -0.15) is 0 Å². The summed E-state index contributed by atoms with van der Waals surface area (Å²) in [5, 5.41) is 0. The van der Waals surface area contributed by atoms with Gasteiger partial charge in [0, 0.05) is 0 Å². The summed E-state index contributed by atoms with van der Waals surface area (Å²) in [7, 11) is 1.62. The lowest BCUT2D eigenvalue weighted by atomic mass is 10.2. The Morgan fingerprint density at radius 3 is 2.00 bits per heavy atom. The summed E-state index contributed by atoms with van der Waals surface area (Å²) in [6.45, 7) is 9.09. The largest absolute Gasteiger partial charge is 0.497 e. The van der Waals surface area contributed by atoms with E-state index in [4.69, 9.17) is 4.74 Å². The molecule has 0 aliphatic rings. The summed E-state index contributed by atoms with van der Waals surface area (Å²) in [6.07, 6.45) is 3.40. The van der Waals surface area contributed by atoms with E-state index in [-0.39, 0.29) is 0 Å². The lowest BCUT2D eigenvalue weighted by Crippen LogP contribution is -1.83. The van der Waals surface area contributed by atoms with Crippen LogP contribution in [0.1, 0.15) is 6.92 Å². The van der Waals surface area contributed by atoms with Crippen molar-refractivity contribution in [1.29, 1.82) is 0 Å². The first-order valence-corrected chi connectivity index (χ1v) is 2.76. The van der Waals surface area contributed by atoms with E-state index in [1.54, 1.807) is 19.3 Å². The van der Waals surface area contributed by atoms with Gasteiger partial charge in [-0.3, -0.25) is 0 Å². The van der Waals surface area contributed by atoms with Gasteiger partial charge in [0.05, 0.1) is 7.11 Å². The number of methoxy groups -OCH3 is 1. The van der Waals surface area contributed by atoms with Crippen LogP contribution in [-0.4, -0.2) is 7.11 Å². The highest BCUT2D eigenvalue weighted by atomic mass is 16.5. The minimum Gasteiger partial charge on any atom is -0.497 e. The molecule has 50 valence electrons. The third-order valence-electron chi connectivity index (χ3n) is 1.10. The first kappa shape index (κ1) is 8.02. The minimum absolute atomic E-state index is 0.782. The van der Waals surface area contributed by atoms with Gasteiger partial charge in [-0.25, -0.2) is 0 Å². The van der Waals surface area contributed by atoms with Gasteiger partial charge in [-0.15, -0.1) is 0 Å². The second-order valence-corrected chi connectivity index (χ2v) is 1.66. The van der Waals surface area contributed by atoms with Crippen molar-refractivity contribution < 1.29 is 4.74 Å². The number of hydrogen-bond acceptors (Lipinski definition) is 1. The number of hydrogen-bond donors (Lipinski definition) is 0. The molecule has 1 nitrogen and oxygen atoms in total. The van der Waals surface area contributed by atoms with Gasteiger partial charge in [0.25, 0.3) is 0 Å². The van der Waals surface area contributed by atoms with Crippen LogP contribution in [-0.2, 0) is 4.74 Å². The first-order chi connectivity index (χ1) is 4.26. The zero-order valence-electron chi connectivity index (χ0n) is 5.98. The van der Waals surface area contributed by atoms with E-state index in [9.17, 15) is 0 Å². The van der Waals surface area contributed by atoms with Crippen LogP contribution >= 0.6 is 0 Å². The van der Waals surface area contributed by atoms with Gasteiger partial charge in [0.1, 0.15) is 5.76 Å². The Kier molecular flexibility index (Phi) is 3.52. The van der Waals surface area contributed by atoms with E-state index < -0.39 is 0 Å². The maximum atomic E-state index is 4.94. The molecule has 0 rings (SSSR count). The number of allylic oxidation sites excluding steroid dienone is 3. The Morgan fingerprint density at radius 2 is 1.89 bits per heavy atom. The molecule has 0 amide bonds. The van der Waals surface area contributed by atoms with Crippen LogP contribution in [0.3, 0.4) is 0 Å². The van der Waals surface area contributed by atoms with E-state index in [0.29, 0.717) is 0 Å². The van der Waals surface area contributed by atoms with Crippen molar-refractivity contribution in [3.63, 3.8) is 0 Å². The lowest BCUT2D eigenvalue weighted by Gasteiger charge is -2.00. The van der Waals surface area contributed by atoms with Crippen LogP contribution in [0.2, 0.25) is 0 Å². The fourth-order valence-corrected chi connectivity index (χ4v) is 0.506. The SMILES string of the molecule is C=CC(C)=C(C=C)OC. The Labute approximate surface area is 56.3 Å². The molecule has 0 N–H and O–H groups in total. The highest BCUT2D eigenvalue weighted by molar-refractivity contribution is 5.24. The molecule has 0 heterocycles. The monoisotopic (exact) mass is 124 g/mol. The van der Waals surface area contributed by atoms with Gasteiger partial charge < -0.3 is 4.74 Å². The molecule has 0 aromatic carbocycles. The van der Waals surface area contributed by atoms with E-state index in [0.717, 1.165) is 11.3 Å². The molecule has 9 heavy (non-hydrogen) atoms. The second-order valence-electron chi connectivity index (χ2n) is 1.66. The van der Waals surface area contributed by atoms with Crippen molar-refractivity contribution in [2.75, 3.05) is 7.11 Å². The van der Waals surface area contributed by atoms with Gasteiger partial charge in [0.15, 0.2) is 0 Å². The molecule has 0 atom stereocenters. The van der Waals surface area contributed by atoms with Crippen LogP contribution in [0.4, 0.5) is 0 Å². The van der Waals surface area contributed by atoms with Crippen LogP contribution in [0.25, 0.3) is 0 Å². The lowest BCUT2D eigenvalue weighted by molar-refractivity contribution is 0.304. The highest BCUT2D eigenvalue weighted by Crippen LogP contribution is 2.05. The van der Waals surface area contributed by atoms with Crippen molar-refractivity contribution in [3.8, 4) is 0 Å². The molecule has 0 unspecified atom stereocenters. The summed E-state index contributed by atoms with van der Waals surface area (Å²) in [4.78, 5) is 0. The molecule has 0 aliphatic carbocycles.